The van der Waals surface area contributed by atoms with E-state index >= 15 is 0 Å². The van der Waals surface area contributed by atoms with Crippen LogP contribution < -0.4 is 10.6 Å². The van der Waals surface area contributed by atoms with Crippen molar-refractivity contribution < 1.29 is 4.57 Å². The molecule has 0 N–H and O–H groups in total. The van der Waals surface area contributed by atoms with Crippen LogP contribution in [0.15, 0.2) is 65.4 Å². The Morgan fingerprint density at radius 2 is 1.14 bits per heavy atom. The Morgan fingerprint density at radius 3 is 1.54 bits per heavy atom. The van der Waals surface area contributed by atoms with Gasteiger partial charge in [-0.25, -0.2) is 4.76 Å². The third-order valence-corrected chi connectivity index (χ3v) is 7.42. The minimum Gasteiger partial charge on any atom is -0.288 e. The molecular formula is C24H25ClNOP. The quantitative estimate of drug-likeness (QED) is 0.366. The van der Waals surface area contributed by atoms with E-state index in [-0.39, 0.29) is 0 Å². The third-order valence-electron chi connectivity index (χ3n) is 4.67. The number of halogens is 1. The summed E-state index contributed by atoms with van der Waals surface area (Å²) in [4.78, 5) is 0. The molecule has 28 heavy (non-hydrogen) atoms. The molecule has 3 aromatic rings. The molecule has 2 nitrogen and oxygen atoms in total. The van der Waals surface area contributed by atoms with Gasteiger partial charge in [0.2, 0.25) is 7.29 Å². The van der Waals surface area contributed by atoms with Crippen LogP contribution in [0.1, 0.15) is 34.7 Å². The molecule has 0 atom stereocenters. The van der Waals surface area contributed by atoms with Gasteiger partial charge in [0.15, 0.2) is 0 Å². The molecule has 144 valence electrons. The van der Waals surface area contributed by atoms with Crippen LogP contribution in [0.2, 0.25) is 5.02 Å². The maximum absolute atomic E-state index is 14.5. The lowest BCUT2D eigenvalue weighted by Gasteiger charge is -2.18. The fourth-order valence-electron chi connectivity index (χ4n) is 3.48. The Morgan fingerprint density at radius 1 is 0.750 bits per heavy atom. The largest absolute Gasteiger partial charge is 0.288 e. The summed E-state index contributed by atoms with van der Waals surface area (Å²) in [6.45, 7) is 10.0. The molecule has 0 aliphatic rings. The molecule has 0 aliphatic carbocycles. The Labute approximate surface area is 172 Å². The molecule has 0 saturated carbocycles. The van der Waals surface area contributed by atoms with Crippen molar-refractivity contribution >= 4 is 35.2 Å². The average molecular weight is 410 g/mol. The highest BCUT2D eigenvalue weighted by molar-refractivity contribution is 7.77. The zero-order valence-corrected chi connectivity index (χ0v) is 18.6. The highest BCUT2D eigenvalue weighted by Gasteiger charge is 2.28. The summed E-state index contributed by atoms with van der Waals surface area (Å²) >= 11 is 6.02. The maximum atomic E-state index is 14.5. The van der Waals surface area contributed by atoms with Crippen LogP contribution in [-0.2, 0) is 4.57 Å². The fourth-order valence-corrected chi connectivity index (χ4v) is 6.18. The molecule has 0 unspecified atom stereocenters. The number of benzene rings is 3. The van der Waals surface area contributed by atoms with E-state index in [1.54, 1.807) is 0 Å². The Bertz CT molecular complexity index is 1000. The van der Waals surface area contributed by atoms with Gasteiger partial charge in [0.05, 0.1) is 0 Å². The Kier molecular flexibility index (Phi) is 5.93. The van der Waals surface area contributed by atoms with Crippen molar-refractivity contribution in [2.75, 3.05) is 0 Å². The maximum Gasteiger partial charge on any atom is 0.247 e. The van der Waals surface area contributed by atoms with E-state index in [0.717, 1.165) is 44.1 Å². The second kappa shape index (κ2) is 8.07. The summed E-state index contributed by atoms with van der Waals surface area (Å²) in [7, 11) is -3.21. The van der Waals surface area contributed by atoms with E-state index in [4.69, 9.17) is 16.4 Å². The van der Waals surface area contributed by atoms with Crippen molar-refractivity contribution in [3.05, 3.63) is 93.5 Å². The summed E-state index contributed by atoms with van der Waals surface area (Å²) in [5.41, 5.74) is 5.98. The zero-order chi connectivity index (χ0) is 20.5. The van der Waals surface area contributed by atoms with Gasteiger partial charge in [0.25, 0.3) is 0 Å². The van der Waals surface area contributed by atoms with Gasteiger partial charge in [0, 0.05) is 21.3 Å². The van der Waals surface area contributed by atoms with Gasteiger partial charge in [-0.3, -0.25) is 4.57 Å². The number of aryl methyl sites for hydroxylation is 4. The van der Waals surface area contributed by atoms with Gasteiger partial charge < -0.3 is 0 Å². The molecule has 0 saturated heterocycles. The molecule has 0 spiro atoms. The average Bonchev–Trinajstić information content (AvgIpc) is 2.60. The topological polar surface area (TPSA) is 29.4 Å². The van der Waals surface area contributed by atoms with Crippen molar-refractivity contribution in [1.82, 2.24) is 0 Å². The molecule has 3 aromatic carbocycles. The van der Waals surface area contributed by atoms with Crippen LogP contribution in [0.4, 0.5) is 0 Å². The summed E-state index contributed by atoms with van der Waals surface area (Å²) < 4.78 is 19.3. The lowest BCUT2D eigenvalue weighted by molar-refractivity contribution is 0.588. The first-order valence-corrected chi connectivity index (χ1v) is 11.3. The van der Waals surface area contributed by atoms with E-state index in [9.17, 15) is 4.57 Å². The highest BCUT2D eigenvalue weighted by atomic mass is 35.5. The van der Waals surface area contributed by atoms with E-state index in [2.05, 4.69) is 12.1 Å². The minimum atomic E-state index is -3.21. The first-order chi connectivity index (χ1) is 13.2. The van der Waals surface area contributed by atoms with Gasteiger partial charge in [-0.1, -0.05) is 58.1 Å². The minimum absolute atomic E-state index is 0.670. The molecular weight excluding hydrogens is 385 g/mol. The number of rotatable bonds is 4. The predicted molar refractivity (Wildman–Crippen MR) is 122 cm³/mol. The van der Waals surface area contributed by atoms with Gasteiger partial charge in [-0.15, -0.1) is 0 Å². The van der Waals surface area contributed by atoms with Gasteiger partial charge in [-0.2, -0.15) is 0 Å². The van der Waals surface area contributed by atoms with Crippen LogP contribution in [-0.4, -0.2) is 5.71 Å². The molecule has 4 heteroatoms. The van der Waals surface area contributed by atoms with Crippen LogP contribution >= 0.6 is 18.9 Å². The molecule has 0 fully saturated rings. The van der Waals surface area contributed by atoms with Crippen molar-refractivity contribution in [3.8, 4) is 0 Å². The van der Waals surface area contributed by atoms with Gasteiger partial charge in [-0.05, 0) is 76.6 Å². The van der Waals surface area contributed by atoms with E-state index < -0.39 is 7.29 Å². The molecule has 0 heterocycles. The number of hydrogen-bond acceptors (Lipinski definition) is 1. The summed E-state index contributed by atoms with van der Waals surface area (Å²) in [5, 5.41) is 2.20. The van der Waals surface area contributed by atoms with E-state index in [1.807, 2.05) is 83.1 Å². The lowest BCUT2D eigenvalue weighted by Crippen LogP contribution is -2.17. The zero-order valence-electron chi connectivity index (χ0n) is 17.0. The van der Waals surface area contributed by atoms with Crippen molar-refractivity contribution in [1.29, 1.82) is 0 Å². The van der Waals surface area contributed by atoms with Crippen LogP contribution in [0, 0.1) is 27.7 Å². The van der Waals surface area contributed by atoms with E-state index in [1.165, 1.54) is 0 Å². The molecule has 0 aliphatic heterocycles. The second-order valence-electron chi connectivity index (χ2n) is 7.46. The van der Waals surface area contributed by atoms with Gasteiger partial charge in [0.1, 0.15) is 0 Å². The molecule has 0 radical (unpaired) electrons. The predicted octanol–water partition coefficient (Wildman–Crippen LogP) is 6.31. The van der Waals surface area contributed by atoms with Crippen molar-refractivity contribution in [3.63, 3.8) is 0 Å². The second-order valence-corrected chi connectivity index (χ2v) is 10.3. The first kappa shape index (κ1) is 20.6. The Hall–Kier alpha value is -2.15. The number of nitrogens with zero attached hydrogens (tertiary/aromatic N) is 1. The molecule has 3 rings (SSSR count). The SMILES string of the molecule is C/C(=N\P(=O)(c1cc(C)cc(C)c1)c1cc(C)cc(C)c1)c1ccc(Cl)cc1. The monoisotopic (exact) mass is 409 g/mol. The first-order valence-electron chi connectivity index (χ1n) is 9.28. The fraction of sp³-hybridized carbons (Fsp3) is 0.208. The summed E-state index contributed by atoms with van der Waals surface area (Å²) in [6.07, 6.45) is 0. The molecule has 0 aromatic heterocycles. The Balaban J connectivity index is 2.26. The van der Waals surface area contributed by atoms with Crippen molar-refractivity contribution in [2.24, 2.45) is 4.76 Å². The van der Waals surface area contributed by atoms with E-state index in [0.29, 0.717) is 5.02 Å². The smallest absolute Gasteiger partial charge is 0.247 e. The standard InChI is InChI=1S/C24H25ClNOP/c1-16-10-17(2)13-23(12-16)28(27,24-14-18(3)11-19(4)15-24)26-20(5)21-6-8-22(25)9-7-21/h6-15H,1-5H3/b26-20+. The summed E-state index contributed by atoms with van der Waals surface area (Å²) in [5.74, 6) is 0. The van der Waals surface area contributed by atoms with Crippen LogP contribution in [0.3, 0.4) is 0 Å². The highest BCUT2D eigenvalue weighted by Crippen LogP contribution is 2.46. The van der Waals surface area contributed by atoms with Crippen LogP contribution in [0.25, 0.3) is 0 Å². The number of hydrogen-bond donors (Lipinski definition) is 0. The summed E-state index contributed by atoms with van der Waals surface area (Å²) in [6, 6.07) is 19.6. The van der Waals surface area contributed by atoms with Gasteiger partial charge >= 0.3 is 0 Å². The third kappa shape index (κ3) is 4.46. The van der Waals surface area contributed by atoms with Crippen LogP contribution in [0.5, 0.6) is 0 Å². The van der Waals surface area contributed by atoms with Crippen molar-refractivity contribution in [2.45, 2.75) is 34.6 Å². The normalized spacial score (nSPS) is 12.3. The molecule has 0 amide bonds. The molecule has 0 bridgehead atoms. The lowest BCUT2D eigenvalue weighted by atomic mass is 10.1.